The Hall–Kier alpha value is -2.44. The lowest BCUT2D eigenvalue weighted by Gasteiger charge is -2.07. The quantitative estimate of drug-likeness (QED) is 0.379. The number of aromatic amines is 1. The summed E-state index contributed by atoms with van der Waals surface area (Å²) in [4.78, 5) is 7.66. The first kappa shape index (κ1) is 16.4. The molecule has 7 heteroatoms. The van der Waals surface area contributed by atoms with Crippen LogP contribution in [-0.4, -0.2) is 20.8 Å². The smallest absolute Gasteiger partial charge is 0.187 e. The van der Waals surface area contributed by atoms with Gasteiger partial charge in [-0.3, -0.25) is 5.43 Å². The van der Waals surface area contributed by atoms with E-state index in [0.29, 0.717) is 28.2 Å². The molecule has 24 heavy (non-hydrogen) atoms. The minimum atomic E-state index is 0.456. The van der Waals surface area contributed by atoms with Gasteiger partial charge in [0, 0.05) is 11.6 Å². The predicted octanol–water partition coefficient (Wildman–Crippen LogP) is 3.60. The minimum absolute atomic E-state index is 0.456. The van der Waals surface area contributed by atoms with Gasteiger partial charge in [0.1, 0.15) is 5.71 Å². The molecule has 3 rings (SSSR count). The molecule has 0 bridgehead atoms. The van der Waals surface area contributed by atoms with Crippen molar-refractivity contribution in [1.82, 2.24) is 20.7 Å². The van der Waals surface area contributed by atoms with E-state index in [4.69, 9.17) is 23.8 Å². The first-order chi connectivity index (χ1) is 11.6. The molecular formula is C17H16ClN5S. The zero-order valence-corrected chi connectivity index (χ0v) is 14.6. The van der Waals surface area contributed by atoms with Crippen LogP contribution in [0.2, 0.25) is 5.02 Å². The van der Waals surface area contributed by atoms with Crippen LogP contribution in [0.3, 0.4) is 0 Å². The maximum absolute atomic E-state index is 5.98. The van der Waals surface area contributed by atoms with Gasteiger partial charge in [-0.2, -0.15) is 5.10 Å². The molecule has 0 saturated carbocycles. The van der Waals surface area contributed by atoms with E-state index < -0.39 is 0 Å². The van der Waals surface area contributed by atoms with Crippen molar-refractivity contribution in [2.45, 2.75) is 13.5 Å². The summed E-state index contributed by atoms with van der Waals surface area (Å²) >= 11 is 11.2. The van der Waals surface area contributed by atoms with E-state index in [9.17, 15) is 0 Å². The van der Waals surface area contributed by atoms with Gasteiger partial charge < -0.3 is 10.3 Å². The van der Waals surface area contributed by atoms with E-state index in [2.05, 4.69) is 25.8 Å². The largest absolute Gasteiger partial charge is 0.357 e. The number of nitrogens with zero attached hydrogens (tertiary/aromatic N) is 2. The number of halogens is 1. The van der Waals surface area contributed by atoms with Crippen LogP contribution < -0.4 is 10.7 Å². The number of aromatic nitrogens is 2. The van der Waals surface area contributed by atoms with Crippen molar-refractivity contribution in [2.75, 3.05) is 0 Å². The fourth-order valence-corrected chi connectivity index (χ4v) is 2.45. The standard InChI is InChI=1S/C17H16ClN5S/c1-11(16-20-14-8-7-13(18)9-15(14)21-16)22-23-17(24)19-10-12-5-3-2-4-6-12/h2-9H,10H2,1H3,(H,20,21)(H2,19,23,24)/b22-11+. The molecule has 1 aromatic heterocycles. The van der Waals surface area contributed by atoms with Gasteiger partial charge in [0.2, 0.25) is 0 Å². The summed E-state index contributed by atoms with van der Waals surface area (Å²) in [6.07, 6.45) is 0. The van der Waals surface area contributed by atoms with Gasteiger partial charge in [0.15, 0.2) is 10.9 Å². The van der Waals surface area contributed by atoms with Crippen LogP contribution in [0.5, 0.6) is 0 Å². The first-order valence-corrected chi connectivity index (χ1v) is 8.18. The normalized spacial score (nSPS) is 11.5. The molecule has 0 fully saturated rings. The lowest BCUT2D eigenvalue weighted by atomic mass is 10.2. The molecule has 0 radical (unpaired) electrons. The summed E-state index contributed by atoms with van der Waals surface area (Å²) in [5.41, 5.74) is 6.39. The third-order valence-corrected chi connectivity index (χ3v) is 3.88. The first-order valence-electron chi connectivity index (χ1n) is 7.39. The second-order valence-corrected chi connectivity index (χ2v) is 6.07. The van der Waals surface area contributed by atoms with E-state index in [-0.39, 0.29) is 0 Å². The second-order valence-electron chi connectivity index (χ2n) is 5.22. The Balaban J connectivity index is 1.61. The Morgan fingerprint density at radius 3 is 2.83 bits per heavy atom. The molecular weight excluding hydrogens is 342 g/mol. The molecule has 0 spiro atoms. The van der Waals surface area contributed by atoms with Crippen molar-refractivity contribution in [1.29, 1.82) is 0 Å². The van der Waals surface area contributed by atoms with Gasteiger partial charge in [-0.05, 0) is 42.9 Å². The van der Waals surface area contributed by atoms with Gasteiger partial charge in [-0.25, -0.2) is 4.98 Å². The highest BCUT2D eigenvalue weighted by Gasteiger charge is 2.06. The van der Waals surface area contributed by atoms with Crippen LogP contribution in [0.4, 0.5) is 0 Å². The summed E-state index contributed by atoms with van der Waals surface area (Å²) < 4.78 is 0. The zero-order valence-electron chi connectivity index (χ0n) is 13.0. The number of fused-ring (bicyclic) bond motifs is 1. The fraction of sp³-hybridized carbons (Fsp3) is 0.118. The van der Waals surface area contributed by atoms with Crippen LogP contribution in [0.15, 0.2) is 53.6 Å². The van der Waals surface area contributed by atoms with Gasteiger partial charge >= 0.3 is 0 Å². The predicted molar refractivity (Wildman–Crippen MR) is 102 cm³/mol. The molecule has 0 aliphatic heterocycles. The summed E-state index contributed by atoms with van der Waals surface area (Å²) in [6, 6.07) is 15.5. The fourth-order valence-electron chi connectivity index (χ4n) is 2.16. The van der Waals surface area contributed by atoms with E-state index >= 15 is 0 Å². The highest BCUT2D eigenvalue weighted by atomic mass is 35.5. The van der Waals surface area contributed by atoms with Crippen LogP contribution >= 0.6 is 23.8 Å². The SMILES string of the molecule is C/C(=N\NC(=S)NCc1ccccc1)c1nc2ccc(Cl)cc2[nH]1. The number of H-pyrrole nitrogens is 1. The number of benzene rings is 2. The van der Waals surface area contributed by atoms with Crippen molar-refractivity contribution in [3.63, 3.8) is 0 Å². The number of hydrazone groups is 1. The molecule has 0 unspecified atom stereocenters. The Bertz CT molecular complexity index is 888. The van der Waals surface area contributed by atoms with Crippen molar-refractivity contribution in [3.8, 4) is 0 Å². The molecule has 5 nitrogen and oxygen atoms in total. The number of nitrogens with one attached hydrogen (secondary N) is 3. The highest BCUT2D eigenvalue weighted by molar-refractivity contribution is 7.80. The van der Waals surface area contributed by atoms with Crippen molar-refractivity contribution in [2.24, 2.45) is 5.10 Å². The Kier molecular flexibility index (Phi) is 5.08. The number of thiocarbonyl (C=S) groups is 1. The molecule has 122 valence electrons. The van der Waals surface area contributed by atoms with E-state index in [0.717, 1.165) is 16.6 Å². The maximum atomic E-state index is 5.98. The lowest BCUT2D eigenvalue weighted by molar-refractivity contribution is 0.866. The summed E-state index contributed by atoms with van der Waals surface area (Å²) in [6.45, 7) is 2.50. The molecule has 0 atom stereocenters. The maximum Gasteiger partial charge on any atom is 0.187 e. The van der Waals surface area contributed by atoms with E-state index in [1.165, 1.54) is 0 Å². The average Bonchev–Trinajstić information content (AvgIpc) is 3.02. The Morgan fingerprint density at radius 2 is 2.04 bits per heavy atom. The van der Waals surface area contributed by atoms with Gasteiger partial charge in [0.25, 0.3) is 0 Å². The highest BCUT2D eigenvalue weighted by Crippen LogP contribution is 2.17. The molecule has 3 N–H and O–H groups in total. The summed E-state index contributed by atoms with van der Waals surface area (Å²) in [5.74, 6) is 0.672. The van der Waals surface area contributed by atoms with Gasteiger partial charge in [0.05, 0.1) is 11.0 Å². The molecule has 2 aromatic carbocycles. The molecule has 1 heterocycles. The Morgan fingerprint density at radius 1 is 1.25 bits per heavy atom. The summed E-state index contributed by atoms with van der Waals surface area (Å²) in [5, 5.41) is 8.49. The molecule has 3 aromatic rings. The topological polar surface area (TPSA) is 65.1 Å². The molecule has 0 aliphatic rings. The number of hydrogen-bond acceptors (Lipinski definition) is 3. The monoisotopic (exact) mass is 357 g/mol. The average molecular weight is 358 g/mol. The second kappa shape index (κ2) is 7.42. The van der Waals surface area contributed by atoms with Gasteiger partial charge in [-0.1, -0.05) is 41.9 Å². The van der Waals surface area contributed by atoms with Crippen LogP contribution in [0.1, 0.15) is 18.3 Å². The van der Waals surface area contributed by atoms with E-state index in [1.807, 2.05) is 55.5 Å². The van der Waals surface area contributed by atoms with Crippen molar-refractivity contribution >= 4 is 45.7 Å². The Labute approximate surface area is 150 Å². The third-order valence-electron chi connectivity index (χ3n) is 3.41. The van der Waals surface area contributed by atoms with Crippen molar-refractivity contribution in [3.05, 3.63) is 64.9 Å². The van der Waals surface area contributed by atoms with E-state index in [1.54, 1.807) is 0 Å². The summed E-state index contributed by atoms with van der Waals surface area (Å²) in [7, 11) is 0. The lowest BCUT2D eigenvalue weighted by Crippen LogP contribution is -2.32. The van der Waals surface area contributed by atoms with Crippen LogP contribution in [-0.2, 0) is 6.54 Å². The third kappa shape index (κ3) is 4.10. The number of imidazole rings is 1. The van der Waals surface area contributed by atoms with Crippen molar-refractivity contribution < 1.29 is 0 Å². The van der Waals surface area contributed by atoms with Crippen LogP contribution in [0.25, 0.3) is 11.0 Å². The van der Waals surface area contributed by atoms with Gasteiger partial charge in [-0.15, -0.1) is 0 Å². The number of hydrogen-bond donors (Lipinski definition) is 3. The molecule has 0 amide bonds. The minimum Gasteiger partial charge on any atom is -0.357 e. The van der Waals surface area contributed by atoms with Crippen LogP contribution in [0, 0.1) is 0 Å². The zero-order chi connectivity index (χ0) is 16.9. The number of rotatable bonds is 4. The molecule has 0 aliphatic carbocycles. The molecule has 0 saturated heterocycles.